The zero-order valence-electron chi connectivity index (χ0n) is 13.0. The van der Waals surface area contributed by atoms with Gasteiger partial charge in [-0.05, 0) is 47.0 Å². The highest BCUT2D eigenvalue weighted by atomic mass is 19.3. The van der Waals surface area contributed by atoms with Gasteiger partial charge in [-0.3, -0.25) is 4.79 Å². The molecular weight excluding hydrogens is 332 g/mol. The first-order valence-electron chi connectivity index (χ1n) is 7.70. The van der Waals surface area contributed by atoms with Gasteiger partial charge in [-0.25, -0.2) is 4.52 Å². The van der Waals surface area contributed by atoms with Crippen LogP contribution in [0.4, 0.5) is 14.5 Å². The maximum atomic E-state index is 13.0. The van der Waals surface area contributed by atoms with E-state index in [-0.39, 0.29) is 11.7 Å². The Balaban J connectivity index is 1.75. The second kappa shape index (κ2) is 6.08. The Hall–Kier alpha value is -3.10. The van der Waals surface area contributed by atoms with Gasteiger partial charge >= 0.3 is 6.61 Å². The number of aromatic nitrogens is 4. The zero-order chi connectivity index (χ0) is 17.4. The lowest BCUT2D eigenvalue weighted by Crippen LogP contribution is -2.36. The molecule has 0 saturated carbocycles. The minimum absolute atomic E-state index is 0.00534. The number of hydrogen-bond acceptors (Lipinski definition) is 5. The SMILES string of the molecule is O=C(c1ccn2nnnc2c1)N1CCCc2cccc(OC(F)F)c21. The molecule has 1 amide bonds. The van der Waals surface area contributed by atoms with E-state index in [0.717, 1.165) is 12.0 Å². The Kier molecular flexibility index (Phi) is 3.75. The molecular formula is C16H13F2N5O2. The van der Waals surface area contributed by atoms with Crippen LogP contribution < -0.4 is 9.64 Å². The van der Waals surface area contributed by atoms with E-state index in [2.05, 4.69) is 20.3 Å². The fourth-order valence-corrected chi connectivity index (χ4v) is 3.04. The van der Waals surface area contributed by atoms with Crippen LogP contribution in [-0.4, -0.2) is 39.1 Å². The van der Waals surface area contributed by atoms with Gasteiger partial charge in [-0.1, -0.05) is 12.1 Å². The van der Waals surface area contributed by atoms with E-state index in [0.29, 0.717) is 29.9 Å². The van der Waals surface area contributed by atoms with Crippen molar-refractivity contribution in [1.82, 2.24) is 20.0 Å². The molecule has 9 heteroatoms. The Morgan fingerprint density at radius 3 is 3.00 bits per heavy atom. The normalized spacial score (nSPS) is 14.0. The summed E-state index contributed by atoms with van der Waals surface area (Å²) in [6.07, 6.45) is 3.02. The summed E-state index contributed by atoms with van der Waals surface area (Å²) in [5.41, 5.74) is 2.02. The summed E-state index contributed by atoms with van der Waals surface area (Å²) in [5, 5.41) is 11.1. The van der Waals surface area contributed by atoms with E-state index in [4.69, 9.17) is 0 Å². The molecule has 0 atom stereocenters. The number of benzene rings is 1. The molecule has 0 bridgehead atoms. The first kappa shape index (κ1) is 15.4. The summed E-state index contributed by atoms with van der Waals surface area (Å²) in [4.78, 5) is 14.4. The van der Waals surface area contributed by atoms with Gasteiger partial charge in [0.2, 0.25) is 0 Å². The highest BCUT2D eigenvalue weighted by Crippen LogP contribution is 2.37. The monoisotopic (exact) mass is 345 g/mol. The highest BCUT2D eigenvalue weighted by Gasteiger charge is 2.28. The van der Waals surface area contributed by atoms with Gasteiger partial charge in [0.15, 0.2) is 5.65 Å². The van der Waals surface area contributed by atoms with Crippen LogP contribution in [0.1, 0.15) is 22.3 Å². The van der Waals surface area contributed by atoms with Crippen molar-refractivity contribution in [3.8, 4) is 5.75 Å². The molecule has 0 radical (unpaired) electrons. The number of carbonyl (C=O) groups is 1. The van der Waals surface area contributed by atoms with Gasteiger partial charge in [-0.15, -0.1) is 5.10 Å². The number of hydrogen-bond donors (Lipinski definition) is 0. The number of carbonyl (C=O) groups excluding carboxylic acids is 1. The first-order chi connectivity index (χ1) is 12.1. The fourth-order valence-electron chi connectivity index (χ4n) is 3.04. The zero-order valence-corrected chi connectivity index (χ0v) is 13.0. The van der Waals surface area contributed by atoms with Crippen molar-refractivity contribution >= 4 is 17.2 Å². The lowest BCUT2D eigenvalue weighted by atomic mass is 10.00. The van der Waals surface area contributed by atoms with E-state index in [1.807, 2.05) is 6.07 Å². The van der Waals surface area contributed by atoms with Gasteiger partial charge in [0, 0.05) is 18.3 Å². The third-order valence-electron chi connectivity index (χ3n) is 4.09. The van der Waals surface area contributed by atoms with Crippen LogP contribution in [0.25, 0.3) is 5.65 Å². The van der Waals surface area contributed by atoms with E-state index in [1.54, 1.807) is 24.4 Å². The van der Waals surface area contributed by atoms with Crippen molar-refractivity contribution in [1.29, 1.82) is 0 Å². The summed E-state index contributed by atoms with van der Waals surface area (Å²) in [7, 11) is 0. The molecule has 0 N–H and O–H groups in total. The molecule has 25 heavy (non-hydrogen) atoms. The number of pyridine rings is 1. The Bertz CT molecular complexity index is 943. The predicted molar refractivity (Wildman–Crippen MR) is 83.9 cm³/mol. The van der Waals surface area contributed by atoms with Crippen molar-refractivity contribution in [2.75, 3.05) is 11.4 Å². The average Bonchev–Trinajstić information content (AvgIpc) is 3.08. The Morgan fingerprint density at radius 1 is 1.28 bits per heavy atom. The smallest absolute Gasteiger partial charge is 0.387 e. The third kappa shape index (κ3) is 2.77. The first-order valence-corrected chi connectivity index (χ1v) is 7.70. The number of nitrogens with zero attached hydrogens (tertiary/aromatic N) is 5. The number of anilines is 1. The molecule has 7 nitrogen and oxygen atoms in total. The number of halogens is 2. The molecule has 1 aliphatic rings. The molecule has 128 valence electrons. The fraction of sp³-hybridized carbons (Fsp3) is 0.250. The number of fused-ring (bicyclic) bond motifs is 2. The van der Waals surface area contributed by atoms with Crippen LogP contribution in [-0.2, 0) is 6.42 Å². The molecule has 0 saturated heterocycles. The number of tetrazole rings is 1. The number of rotatable bonds is 3. The van der Waals surface area contributed by atoms with E-state index in [1.165, 1.54) is 15.5 Å². The van der Waals surface area contributed by atoms with Gasteiger partial charge in [0.25, 0.3) is 5.91 Å². The molecule has 4 rings (SSSR count). The third-order valence-corrected chi connectivity index (χ3v) is 4.09. The number of amides is 1. The average molecular weight is 345 g/mol. The van der Waals surface area contributed by atoms with Gasteiger partial charge in [0.05, 0.1) is 5.69 Å². The van der Waals surface area contributed by atoms with E-state index in [9.17, 15) is 13.6 Å². The number of aryl methyl sites for hydroxylation is 1. The molecule has 0 fully saturated rings. The summed E-state index contributed by atoms with van der Waals surface area (Å²) in [6, 6.07) is 8.07. The van der Waals surface area contributed by atoms with Crippen molar-refractivity contribution in [2.45, 2.75) is 19.5 Å². The van der Waals surface area contributed by atoms with Crippen LogP contribution in [0.2, 0.25) is 0 Å². The van der Waals surface area contributed by atoms with Gasteiger partial charge in [-0.2, -0.15) is 8.78 Å². The van der Waals surface area contributed by atoms with Gasteiger partial charge < -0.3 is 9.64 Å². The number of alkyl halides is 2. The molecule has 1 aliphatic heterocycles. The van der Waals surface area contributed by atoms with Crippen molar-refractivity contribution < 1.29 is 18.3 Å². The molecule has 2 aromatic heterocycles. The van der Waals surface area contributed by atoms with Gasteiger partial charge in [0.1, 0.15) is 5.75 Å². The minimum atomic E-state index is -2.95. The largest absolute Gasteiger partial charge is 0.433 e. The van der Waals surface area contributed by atoms with E-state index < -0.39 is 6.61 Å². The maximum absolute atomic E-state index is 13.0. The minimum Gasteiger partial charge on any atom is -0.433 e. The van der Waals surface area contributed by atoms with Crippen LogP contribution in [0, 0.1) is 0 Å². The Labute approximate surface area is 140 Å². The Morgan fingerprint density at radius 2 is 2.16 bits per heavy atom. The summed E-state index contributed by atoms with van der Waals surface area (Å²) >= 11 is 0. The predicted octanol–water partition coefficient (Wildman–Crippen LogP) is 2.32. The molecule has 0 spiro atoms. The van der Waals surface area contributed by atoms with Crippen LogP contribution >= 0.6 is 0 Å². The number of ether oxygens (including phenoxy) is 1. The number of para-hydroxylation sites is 1. The topological polar surface area (TPSA) is 72.6 Å². The summed E-state index contributed by atoms with van der Waals surface area (Å²) in [5.74, 6) is -0.303. The van der Waals surface area contributed by atoms with Crippen LogP contribution in [0.5, 0.6) is 5.75 Å². The quantitative estimate of drug-likeness (QED) is 0.728. The summed E-state index contributed by atoms with van der Waals surface area (Å²) < 4.78 is 31.5. The lowest BCUT2D eigenvalue weighted by Gasteiger charge is -2.31. The second-order valence-electron chi connectivity index (χ2n) is 5.60. The molecule has 3 heterocycles. The lowest BCUT2D eigenvalue weighted by molar-refractivity contribution is -0.0495. The molecule has 0 unspecified atom stereocenters. The summed E-state index contributed by atoms with van der Waals surface area (Å²) in [6.45, 7) is -2.53. The maximum Gasteiger partial charge on any atom is 0.387 e. The second-order valence-corrected chi connectivity index (χ2v) is 5.60. The molecule has 3 aromatic rings. The van der Waals surface area contributed by atoms with Crippen molar-refractivity contribution in [3.63, 3.8) is 0 Å². The molecule has 0 aliphatic carbocycles. The van der Waals surface area contributed by atoms with Crippen molar-refractivity contribution in [2.24, 2.45) is 0 Å². The van der Waals surface area contributed by atoms with Crippen LogP contribution in [0.15, 0.2) is 36.5 Å². The standard InChI is InChI=1S/C16H13F2N5O2/c17-16(18)25-12-5-1-3-10-4-2-7-22(14(10)12)15(24)11-6-8-23-13(9-11)19-20-21-23/h1,3,5-6,8-9,16H,2,4,7H2. The van der Waals surface area contributed by atoms with Crippen molar-refractivity contribution in [3.05, 3.63) is 47.7 Å². The highest BCUT2D eigenvalue weighted by molar-refractivity contribution is 6.08. The van der Waals surface area contributed by atoms with Crippen LogP contribution in [0.3, 0.4) is 0 Å². The van der Waals surface area contributed by atoms with E-state index >= 15 is 0 Å². The molecule has 1 aromatic carbocycles.